The van der Waals surface area contributed by atoms with E-state index in [1.807, 2.05) is 11.5 Å². The van der Waals surface area contributed by atoms with Crippen LogP contribution in [0.25, 0.3) is 10.9 Å². The molecular weight excluding hydrogens is 304 g/mol. The fourth-order valence-electron chi connectivity index (χ4n) is 2.31. The Morgan fingerprint density at radius 2 is 2.23 bits per heavy atom. The van der Waals surface area contributed by atoms with E-state index in [1.54, 1.807) is 30.5 Å². The van der Waals surface area contributed by atoms with Crippen molar-refractivity contribution in [3.63, 3.8) is 0 Å². The van der Waals surface area contributed by atoms with Gasteiger partial charge in [-0.25, -0.2) is 0 Å². The van der Waals surface area contributed by atoms with Crippen molar-refractivity contribution in [2.75, 3.05) is 5.32 Å². The van der Waals surface area contributed by atoms with E-state index in [0.29, 0.717) is 22.8 Å². The number of aromatic amines is 1. The average Bonchev–Trinajstić information content (AvgIpc) is 3.01. The lowest BCUT2D eigenvalue weighted by atomic mass is 10.1. The number of aromatic nitrogens is 3. The number of benzene rings is 1. The normalized spacial score (nSPS) is 10.8. The Labute approximate surface area is 130 Å². The number of carbonyl (C=O) groups is 1. The number of H-pyrrole nitrogens is 1. The first-order chi connectivity index (χ1) is 10.6. The van der Waals surface area contributed by atoms with E-state index in [9.17, 15) is 9.59 Å². The Morgan fingerprint density at radius 3 is 2.91 bits per heavy atom. The van der Waals surface area contributed by atoms with Gasteiger partial charge in [0.2, 0.25) is 5.43 Å². The molecule has 3 rings (SSSR count). The molecule has 1 amide bonds. The molecule has 0 aliphatic carbocycles. The van der Waals surface area contributed by atoms with Crippen molar-refractivity contribution in [1.29, 1.82) is 0 Å². The van der Waals surface area contributed by atoms with Crippen molar-refractivity contribution < 1.29 is 4.79 Å². The first kappa shape index (κ1) is 14.3. The van der Waals surface area contributed by atoms with E-state index in [2.05, 4.69) is 15.5 Å². The molecule has 0 radical (unpaired) electrons. The molecule has 2 aromatic heterocycles. The van der Waals surface area contributed by atoms with Crippen LogP contribution in [0.15, 0.2) is 41.5 Å². The predicted octanol–water partition coefficient (Wildman–Crippen LogP) is 2.65. The third kappa shape index (κ3) is 2.48. The summed E-state index contributed by atoms with van der Waals surface area (Å²) in [6.45, 7) is 2.57. The van der Waals surface area contributed by atoms with E-state index in [4.69, 9.17) is 11.6 Å². The monoisotopic (exact) mass is 316 g/mol. The molecule has 2 N–H and O–H groups in total. The second-order valence-corrected chi connectivity index (χ2v) is 5.18. The van der Waals surface area contributed by atoms with Crippen molar-refractivity contribution in [1.82, 2.24) is 14.8 Å². The average molecular weight is 317 g/mol. The molecular formula is C15H13ClN4O2. The lowest BCUT2D eigenvalue weighted by Gasteiger charge is -2.11. The van der Waals surface area contributed by atoms with Crippen LogP contribution >= 0.6 is 11.6 Å². The number of nitrogens with zero attached hydrogens (tertiary/aromatic N) is 2. The van der Waals surface area contributed by atoms with Gasteiger partial charge < -0.3 is 9.88 Å². The Morgan fingerprint density at radius 1 is 1.41 bits per heavy atom. The van der Waals surface area contributed by atoms with Crippen LogP contribution < -0.4 is 10.7 Å². The summed E-state index contributed by atoms with van der Waals surface area (Å²) in [6.07, 6.45) is 3.07. The minimum Gasteiger partial charge on any atom is -0.347 e. The summed E-state index contributed by atoms with van der Waals surface area (Å²) >= 11 is 5.97. The van der Waals surface area contributed by atoms with Crippen molar-refractivity contribution in [2.45, 2.75) is 13.5 Å². The number of halogens is 1. The van der Waals surface area contributed by atoms with Gasteiger partial charge >= 0.3 is 0 Å². The van der Waals surface area contributed by atoms with E-state index in [1.165, 1.54) is 6.20 Å². The van der Waals surface area contributed by atoms with Crippen LogP contribution in [0.4, 0.5) is 5.82 Å². The number of nitrogens with one attached hydrogen (secondary N) is 2. The molecule has 3 aromatic rings. The first-order valence-corrected chi connectivity index (χ1v) is 7.11. The van der Waals surface area contributed by atoms with E-state index in [0.717, 1.165) is 5.52 Å². The molecule has 0 aliphatic heterocycles. The highest BCUT2D eigenvalue weighted by Gasteiger charge is 2.16. The Kier molecular flexibility index (Phi) is 3.68. The van der Waals surface area contributed by atoms with E-state index < -0.39 is 5.91 Å². The third-order valence-corrected chi connectivity index (χ3v) is 3.61. The highest BCUT2D eigenvalue weighted by Crippen LogP contribution is 2.18. The van der Waals surface area contributed by atoms with Crippen molar-refractivity contribution in [3.8, 4) is 0 Å². The summed E-state index contributed by atoms with van der Waals surface area (Å²) in [4.78, 5) is 24.9. The van der Waals surface area contributed by atoms with Crippen LogP contribution in [0.3, 0.4) is 0 Å². The summed E-state index contributed by atoms with van der Waals surface area (Å²) in [5.74, 6) is -0.0584. The lowest BCUT2D eigenvalue weighted by Crippen LogP contribution is -2.24. The summed E-state index contributed by atoms with van der Waals surface area (Å²) in [5.41, 5.74) is 0.459. The number of anilines is 1. The second kappa shape index (κ2) is 5.65. The Hall–Kier alpha value is -2.60. The number of amides is 1. The van der Waals surface area contributed by atoms with Gasteiger partial charge in [-0.3, -0.25) is 14.7 Å². The van der Waals surface area contributed by atoms with Gasteiger partial charge in [0.1, 0.15) is 11.4 Å². The summed E-state index contributed by atoms with van der Waals surface area (Å²) in [6, 6.07) is 6.69. The van der Waals surface area contributed by atoms with Gasteiger partial charge in [0.25, 0.3) is 5.91 Å². The number of carbonyl (C=O) groups excluding carboxylic acids is 1. The minimum absolute atomic E-state index is 0.0613. The highest BCUT2D eigenvalue weighted by atomic mass is 35.5. The number of hydrogen-bond donors (Lipinski definition) is 2. The molecule has 22 heavy (non-hydrogen) atoms. The maximum atomic E-state index is 12.6. The van der Waals surface area contributed by atoms with Crippen molar-refractivity contribution >= 4 is 34.2 Å². The number of hydrogen-bond acceptors (Lipinski definition) is 3. The molecule has 6 nitrogen and oxygen atoms in total. The van der Waals surface area contributed by atoms with Gasteiger partial charge in [0.05, 0.1) is 11.7 Å². The third-order valence-electron chi connectivity index (χ3n) is 3.38. The number of rotatable bonds is 3. The lowest BCUT2D eigenvalue weighted by molar-refractivity contribution is 0.102. The minimum atomic E-state index is -0.488. The van der Waals surface area contributed by atoms with Gasteiger partial charge in [-0.05, 0) is 25.1 Å². The topological polar surface area (TPSA) is 79.8 Å². The fourth-order valence-corrected chi connectivity index (χ4v) is 2.48. The summed E-state index contributed by atoms with van der Waals surface area (Å²) in [7, 11) is 0. The standard InChI is InChI=1S/C15H13ClN4O2/c1-2-20-8-11(15(22)18-13-5-6-17-19-13)14(21)10-7-9(16)3-4-12(10)20/h3-8H,2H2,1H3,(H2,17,18,19,22). The quantitative estimate of drug-likeness (QED) is 0.779. The largest absolute Gasteiger partial charge is 0.347 e. The zero-order chi connectivity index (χ0) is 15.7. The molecule has 0 unspecified atom stereocenters. The van der Waals surface area contributed by atoms with Crippen LogP contribution in [0.1, 0.15) is 17.3 Å². The van der Waals surface area contributed by atoms with Crippen LogP contribution in [-0.2, 0) is 6.54 Å². The zero-order valence-electron chi connectivity index (χ0n) is 11.8. The molecule has 0 fully saturated rings. The second-order valence-electron chi connectivity index (χ2n) is 4.74. The molecule has 0 aliphatic rings. The van der Waals surface area contributed by atoms with Gasteiger partial charge in [-0.1, -0.05) is 11.6 Å². The summed E-state index contributed by atoms with van der Waals surface area (Å²) in [5, 5.41) is 9.85. The highest BCUT2D eigenvalue weighted by molar-refractivity contribution is 6.31. The van der Waals surface area contributed by atoms with Crippen LogP contribution in [-0.4, -0.2) is 20.7 Å². The maximum absolute atomic E-state index is 12.6. The van der Waals surface area contributed by atoms with Gasteiger partial charge in [-0.15, -0.1) is 0 Å². The SMILES string of the molecule is CCn1cc(C(=O)Nc2ccn[nH]2)c(=O)c2cc(Cl)ccc21. The first-order valence-electron chi connectivity index (χ1n) is 6.73. The fraction of sp³-hybridized carbons (Fsp3) is 0.133. The van der Waals surface area contributed by atoms with Gasteiger partial charge in [-0.2, -0.15) is 5.10 Å². The molecule has 7 heteroatoms. The van der Waals surface area contributed by atoms with Crippen LogP contribution in [0.2, 0.25) is 5.02 Å². The zero-order valence-corrected chi connectivity index (χ0v) is 12.5. The summed E-state index contributed by atoms with van der Waals surface area (Å²) < 4.78 is 1.84. The van der Waals surface area contributed by atoms with E-state index >= 15 is 0 Å². The molecule has 0 atom stereocenters. The Bertz CT molecular complexity index is 900. The van der Waals surface area contributed by atoms with Crippen molar-refractivity contribution in [3.05, 3.63) is 57.5 Å². The van der Waals surface area contributed by atoms with Crippen molar-refractivity contribution in [2.24, 2.45) is 0 Å². The van der Waals surface area contributed by atoms with Crippen LogP contribution in [0.5, 0.6) is 0 Å². The molecule has 0 spiro atoms. The number of fused-ring (bicyclic) bond motifs is 1. The number of aryl methyl sites for hydroxylation is 1. The molecule has 0 saturated carbocycles. The molecule has 2 heterocycles. The van der Waals surface area contributed by atoms with Gasteiger partial charge in [0.15, 0.2) is 0 Å². The molecule has 0 saturated heterocycles. The molecule has 112 valence electrons. The predicted molar refractivity (Wildman–Crippen MR) is 85.4 cm³/mol. The van der Waals surface area contributed by atoms with Crippen LogP contribution in [0, 0.1) is 0 Å². The van der Waals surface area contributed by atoms with E-state index in [-0.39, 0.29) is 11.0 Å². The maximum Gasteiger partial charge on any atom is 0.262 e. The smallest absolute Gasteiger partial charge is 0.262 e. The molecule has 1 aromatic carbocycles. The number of pyridine rings is 1. The molecule has 0 bridgehead atoms. The van der Waals surface area contributed by atoms with Gasteiger partial charge in [0, 0.05) is 29.2 Å². The Balaban J connectivity index is 2.15.